The number of hydrogen-bond acceptors (Lipinski definition) is 3. The number of pyridine rings is 1. The number of para-hydroxylation sites is 1. The molecule has 92 valence electrons. The van der Waals surface area contributed by atoms with E-state index in [9.17, 15) is 4.79 Å². The minimum Gasteiger partial charge on any atom is -0.477 e. The van der Waals surface area contributed by atoms with Crippen molar-refractivity contribution in [1.29, 1.82) is 0 Å². The SMILES string of the molecule is O=C(O)c1cccc(Nc2c(Br)cccc2Br)n1. The van der Waals surface area contributed by atoms with Gasteiger partial charge in [0, 0.05) is 8.95 Å². The van der Waals surface area contributed by atoms with E-state index in [1.807, 2.05) is 18.2 Å². The van der Waals surface area contributed by atoms with Crippen molar-refractivity contribution in [3.05, 3.63) is 51.0 Å². The number of rotatable bonds is 3. The van der Waals surface area contributed by atoms with Crippen LogP contribution in [-0.2, 0) is 0 Å². The zero-order valence-electron chi connectivity index (χ0n) is 9.02. The van der Waals surface area contributed by atoms with Gasteiger partial charge in [0.1, 0.15) is 5.82 Å². The second-order valence-corrected chi connectivity index (χ2v) is 5.14. The van der Waals surface area contributed by atoms with E-state index in [1.54, 1.807) is 12.1 Å². The van der Waals surface area contributed by atoms with Gasteiger partial charge in [0.05, 0.1) is 5.69 Å². The number of aromatic nitrogens is 1. The van der Waals surface area contributed by atoms with Crippen LogP contribution in [0.2, 0.25) is 0 Å². The van der Waals surface area contributed by atoms with Crippen LogP contribution in [0.4, 0.5) is 11.5 Å². The molecule has 2 rings (SSSR count). The van der Waals surface area contributed by atoms with Gasteiger partial charge >= 0.3 is 5.97 Å². The van der Waals surface area contributed by atoms with Gasteiger partial charge in [-0.1, -0.05) is 12.1 Å². The second-order valence-electron chi connectivity index (χ2n) is 3.43. The number of aromatic carboxylic acids is 1. The normalized spacial score (nSPS) is 10.1. The quantitative estimate of drug-likeness (QED) is 0.854. The molecule has 0 unspecified atom stereocenters. The number of carboxylic acids is 1. The molecule has 0 radical (unpaired) electrons. The van der Waals surface area contributed by atoms with Gasteiger partial charge < -0.3 is 10.4 Å². The van der Waals surface area contributed by atoms with Gasteiger partial charge in [-0.15, -0.1) is 0 Å². The lowest BCUT2D eigenvalue weighted by atomic mass is 10.3. The molecule has 2 N–H and O–H groups in total. The molecule has 0 saturated carbocycles. The van der Waals surface area contributed by atoms with Crippen molar-refractivity contribution in [2.24, 2.45) is 0 Å². The molecule has 0 amide bonds. The maximum Gasteiger partial charge on any atom is 0.354 e. The van der Waals surface area contributed by atoms with Crippen molar-refractivity contribution in [1.82, 2.24) is 4.98 Å². The van der Waals surface area contributed by atoms with Crippen LogP contribution in [-0.4, -0.2) is 16.1 Å². The van der Waals surface area contributed by atoms with Crippen LogP contribution < -0.4 is 5.32 Å². The molecule has 0 aliphatic rings. The number of carboxylic acid groups (broad SMARTS) is 1. The topological polar surface area (TPSA) is 62.2 Å². The predicted molar refractivity (Wildman–Crippen MR) is 76.3 cm³/mol. The van der Waals surface area contributed by atoms with Crippen LogP contribution in [0.5, 0.6) is 0 Å². The van der Waals surface area contributed by atoms with Gasteiger partial charge in [0.25, 0.3) is 0 Å². The summed E-state index contributed by atoms with van der Waals surface area (Å²) >= 11 is 6.83. The number of halogens is 2. The van der Waals surface area contributed by atoms with Gasteiger partial charge in [-0.3, -0.25) is 0 Å². The second kappa shape index (κ2) is 5.49. The zero-order chi connectivity index (χ0) is 13.1. The molecule has 0 spiro atoms. The van der Waals surface area contributed by atoms with Gasteiger partial charge in [0.2, 0.25) is 0 Å². The average Bonchev–Trinajstić information content (AvgIpc) is 2.34. The van der Waals surface area contributed by atoms with Crippen LogP contribution in [0.3, 0.4) is 0 Å². The summed E-state index contributed by atoms with van der Waals surface area (Å²) in [6.45, 7) is 0. The molecular weight excluding hydrogens is 364 g/mol. The van der Waals surface area contributed by atoms with Crippen molar-refractivity contribution in [2.45, 2.75) is 0 Å². The monoisotopic (exact) mass is 370 g/mol. The summed E-state index contributed by atoms with van der Waals surface area (Å²) in [5.74, 6) is -0.577. The van der Waals surface area contributed by atoms with Gasteiger partial charge in [-0.25, -0.2) is 9.78 Å². The molecule has 6 heteroatoms. The minimum atomic E-state index is -1.05. The largest absolute Gasteiger partial charge is 0.477 e. The van der Waals surface area contributed by atoms with Crippen molar-refractivity contribution >= 4 is 49.3 Å². The zero-order valence-corrected chi connectivity index (χ0v) is 12.2. The lowest BCUT2D eigenvalue weighted by Crippen LogP contribution is -2.03. The molecular formula is C12H8Br2N2O2. The Balaban J connectivity index is 2.34. The van der Waals surface area contributed by atoms with E-state index in [0.717, 1.165) is 14.6 Å². The fraction of sp³-hybridized carbons (Fsp3) is 0. The highest BCUT2D eigenvalue weighted by atomic mass is 79.9. The fourth-order valence-corrected chi connectivity index (χ4v) is 2.57. The molecule has 0 aliphatic heterocycles. The van der Waals surface area contributed by atoms with Crippen molar-refractivity contribution in [2.75, 3.05) is 5.32 Å². The minimum absolute atomic E-state index is 0.00294. The summed E-state index contributed by atoms with van der Waals surface area (Å²) in [6.07, 6.45) is 0. The van der Waals surface area contributed by atoms with Crippen LogP contribution in [0.25, 0.3) is 0 Å². The lowest BCUT2D eigenvalue weighted by molar-refractivity contribution is 0.0690. The van der Waals surface area contributed by atoms with E-state index < -0.39 is 5.97 Å². The van der Waals surface area contributed by atoms with Gasteiger partial charge in [0.15, 0.2) is 5.69 Å². The molecule has 1 aromatic carbocycles. The Morgan fingerprint density at radius 2 is 1.72 bits per heavy atom. The van der Waals surface area contributed by atoms with Crippen LogP contribution in [0.15, 0.2) is 45.3 Å². The maximum atomic E-state index is 10.8. The van der Waals surface area contributed by atoms with E-state index in [1.165, 1.54) is 6.07 Å². The molecule has 0 saturated heterocycles. The van der Waals surface area contributed by atoms with E-state index in [2.05, 4.69) is 42.2 Å². The summed E-state index contributed by atoms with van der Waals surface area (Å²) < 4.78 is 1.72. The van der Waals surface area contributed by atoms with Gasteiger partial charge in [-0.05, 0) is 56.1 Å². The Labute approximate surface area is 120 Å². The third-order valence-electron chi connectivity index (χ3n) is 2.18. The number of hydrogen-bond donors (Lipinski definition) is 2. The smallest absolute Gasteiger partial charge is 0.354 e. The molecule has 18 heavy (non-hydrogen) atoms. The highest BCUT2D eigenvalue weighted by molar-refractivity contribution is 9.11. The molecule has 2 aromatic rings. The fourth-order valence-electron chi connectivity index (χ4n) is 1.37. The van der Waals surface area contributed by atoms with Crippen LogP contribution >= 0.6 is 31.9 Å². The molecule has 0 bridgehead atoms. The molecule has 1 aromatic heterocycles. The lowest BCUT2D eigenvalue weighted by Gasteiger charge is -2.10. The number of carbonyl (C=O) groups is 1. The first-order valence-corrected chi connectivity index (χ1v) is 6.58. The Bertz CT molecular complexity index is 582. The van der Waals surface area contributed by atoms with Crippen molar-refractivity contribution in [3.8, 4) is 0 Å². The Morgan fingerprint density at radius 3 is 2.33 bits per heavy atom. The summed E-state index contributed by atoms with van der Waals surface area (Å²) in [7, 11) is 0. The van der Waals surface area contributed by atoms with Crippen LogP contribution in [0.1, 0.15) is 10.5 Å². The maximum absolute atomic E-state index is 10.8. The third kappa shape index (κ3) is 2.88. The molecule has 1 heterocycles. The Kier molecular flexibility index (Phi) is 3.98. The Morgan fingerprint density at radius 1 is 1.11 bits per heavy atom. The van der Waals surface area contributed by atoms with Crippen LogP contribution in [0, 0.1) is 0 Å². The first kappa shape index (κ1) is 13.0. The number of anilines is 2. The summed E-state index contributed by atoms with van der Waals surface area (Å²) in [4.78, 5) is 14.8. The number of nitrogens with zero attached hydrogens (tertiary/aromatic N) is 1. The van der Waals surface area contributed by atoms with Gasteiger partial charge in [-0.2, -0.15) is 0 Å². The number of nitrogens with one attached hydrogen (secondary N) is 1. The highest BCUT2D eigenvalue weighted by Crippen LogP contribution is 2.32. The standard InChI is InChI=1S/C12H8Br2N2O2/c13-7-3-1-4-8(14)11(7)16-10-6-2-5-9(15-10)12(17)18/h1-6H,(H,15,16)(H,17,18). The summed E-state index contributed by atoms with van der Waals surface area (Å²) in [5.41, 5.74) is 0.802. The molecule has 0 fully saturated rings. The van der Waals surface area contributed by atoms with E-state index >= 15 is 0 Å². The predicted octanol–water partition coefficient (Wildman–Crippen LogP) is 4.05. The van der Waals surface area contributed by atoms with Crippen molar-refractivity contribution < 1.29 is 9.90 Å². The molecule has 0 atom stereocenters. The molecule has 0 aliphatic carbocycles. The average molecular weight is 372 g/mol. The molecule has 4 nitrogen and oxygen atoms in total. The third-order valence-corrected chi connectivity index (χ3v) is 3.51. The van der Waals surface area contributed by atoms with E-state index in [0.29, 0.717) is 5.82 Å². The summed E-state index contributed by atoms with van der Waals surface area (Å²) in [5, 5.41) is 11.9. The summed E-state index contributed by atoms with van der Waals surface area (Å²) in [6, 6.07) is 10.5. The van der Waals surface area contributed by atoms with E-state index in [-0.39, 0.29) is 5.69 Å². The number of benzene rings is 1. The first-order valence-electron chi connectivity index (χ1n) is 4.99. The first-order chi connectivity index (χ1) is 8.58. The highest BCUT2D eigenvalue weighted by Gasteiger charge is 2.08. The van der Waals surface area contributed by atoms with Crippen molar-refractivity contribution in [3.63, 3.8) is 0 Å². The Hall–Kier alpha value is -1.40. The van der Waals surface area contributed by atoms with E-state index in [4.69, 9.17) is 5.11 Å².